The molecule has 3 heterocycles. The number of imidazole rings is 1. The number of imide groups is 1. The molecule has 0 aliphatic carbocycles. The largest absolute Gasteiger partial charge is 0.443 e. The second-order valence-corrected chi connectivity index (χ2v) is 10.1. The van der Waals surface area contributed by atoms with Crippen LogP contribution in [0.15, 0.2) is 36.7 Å². The summed E-state index contributed by atoms with van der Waals surface area (Å²) in [5.41, 5.74) is 2.83. The molecule has 2 amide bonds. The molecule has 8 nitrogen and oxygen atoms in total. The van der Waals surface area contributed by atoms with Gasteiger partial charge in [-0.2, -0.15) is 0 Å². The van der Waals surface area contributed by atoms with Crippen LogP contribution in [0.5, 0.6) is 0 Å². The molecule has 1 unspecified atom stereocenters. The van der Waals surface area contributed by atoms with Crippen LogP contribution >= 0.6 is 0 Å². The molecule has 2 aromatic heterocycles. The Kier molecular flexibility index (Phi) is 7.04. The molecule has 1 aliphatic heterocycles. The number of aromatic nitrogens is 2. The normalized spacial score (nSPS) is 15.2. The van der Waals surface area contributed by atoms with Gasteiger partial charge in [0.05, 0.1) is 30.1 Å². The molecule has 3 aromatic rings. The number of ether oxygens (including phenoxy) is 2. The summed E-state index contributed by atoms with van der Waals surface area (Å²) in [5, 5.41) is 3.41. The van der Waals surface area contributed by atoms with Crippen LogP contribution in [0.3, 0.4) is 0 Å². The number of anilines is 1. The van der Waals surface area contributed by atoms with Gasteiger partial charge in [-0.3, -0.25) is 9.20 Å². The Morgan fingerprint density at radius 2 is 2.00 bits per heavy atom. The molecule has 4 rings (SSSR count). The first-order valence-electron chi connectivity index (χ1n) is 12.2. The molecule has 0 bridgehead atoms. The van der Waals surface area contributed by atoms with Gasteiger partial charge in [0.2, 0.25) is 0 Å². The minimum atomic E-state index is -0.748. The number of carbonyl (C=O) groups excluding carboxylic acids is 2. The fourth-order valence-corrected chi connectivity index (χ4v) is 4.21. The molecule has 1 N–H and O–H groups in total. The molecule has 1 aromatic carbocycles. The lowest BCUT2D eigenvalue weighted by atomic mass is 9.98. The number of benzene rings is 1. The first kappa shape index (κ1) is 25.6. The van der Waals surface area contributed by atoms with Crippen LogP contribution in [-0.2, 0) is 16.0 Å². The molecular weight excluding hydrogens is 463 g/mol. The maximum atomic E-state index is 13.7. The number of hydrogen-bond acceptors (Lipinski definition) is 6. The first-order valence-corrected chi connectivity index (χ1v) is 12.2. The minimum Gasteiger partial charge on any atom is -0.443 e. The number of fused-ring (bicyclic) bond motifs is 2. The molecule has 0 saturated carbocycles. The van der Waals surface area contributed by atoms with Gasteiger partial charge in [-0.15, -0.1) is 0 Å². The Labute approximate surface area is 210 Å². The van der Waals surface area contributed by atoms with E-state index in [1.165, 1.54) is 12.1 Å². The number of halogens is 1. The second-order valence-electron chi connectivity index (χ2n) is 10.1. The summed E-state index contributed by atoms with van der Waals surface area (Å²) in [5.74, 6) is -0.818. The zero-order valence-corrected chi connectivity index (χ0v) is 21.6. The molecule has 1 aliphatic rings. The number of hydrogen-bond donors (Lipinski definition) is 1. The van der Waals surface area contributed by atoms with Gasteiger partial charge in [0.1, 0.15) is 17.1 Å². The van der Waals surface area contributed by atoms with E-state index in [1.807, 2.05) is 26.0 Å². The summed E-state index contributed by atoms with van der Waals surface area (Å²) in [4.78, 5) is 32.0. The van der Waals surface area contributed by atoms with Crippen molar-refractivity contribution in [1.29, 1.82) is 0 Å². The highest BCUT2D eigenvalue weighted by Gasteiger charge is 2.39. The average Bonchev–Trinajstić information content (AvgIpc) is 3.37. The third kappa shape index (κ3) is 5.06. The van der Waals surface area contributed by atoms with Crippen LogP contribution in [0, 0.1) is 5.82 Å². The fourth-order valence-electron chi connectivity index (χ4n) is 4.21. The van der Waals surface area contributed by atoms with Crippen LogP contribution < -0.4 is 5.32 Å². The Balaban J connectivity index is 1.77. The van der Waals surface area contributed by atoms with E-state index in [9.17, 15) is 14.0 Å². The highest BCUT2D eigenvalue weighted by atomic mass is 19.1. The number of nitrogens with zero attached hydrogens (tertiary/aromatic N) is 3. The molecule has 36 heavy (non-hydrogen) atoms. The summed E-state index contributed by atoms with van der Waals surface area (Å²) in [6.07, 6.45) is 3.36. The van der Waals surface area contributed by atoms with Crippen molar-refractivity contribution in [2.45, 2.75) is 72.3 Å². The van der Waals surface area contributed by atoms with Gasteiger partial charge in [-0.05, 0) is 58.7 Å². The topological polar surface area (TPSA) is 85.2 Å². The van der Waals surface area contributed by atoms with Gasteiger partial charge < -0.3 is 14.8 Å². The quantitative estimate of drug-likeness (QED) is 0.455. The maximum absolute atomic E-state index is 13.7. The van der Waals surface area contributed by atoms with E-state index in [2.05, 4.69) is 17.2 Å². The van der Waals surface area contributed by atoms with Crippen LogP contribution in [0.4, 0.5) is 14.9 Å². The third-order valence-electron chi connectivity index (χ3n) is 6.13. The summed E-state index contributed by atoms with van der Waals surface area (Å²) < 4.78 is 26.9. The lowest BCUT2D eigenvalue weighted by molar-refractivity contribution is 0.0248. The lowest BCUT2D eigenvalue weighted by Gasteiger charge is -2.24. The predicted octanol–water partition coefficient (Wildman–Crippen LogP) is 5.65. The fraction of sp³-hybridized carbons (Fsp3) is 0.444. The Bertz CT molecular complexity index is 1300. The molecule has 0 fully saturated rings. The summed E-state index contributed by atoms with van der Waals surface area (Å²) in [6, 6.07) is 6.33. The number of rotatable bonds is 7. The minimum absolute atomic E-state index is 0.0542. The Morgan fingerprint density at radius 1 is 1.25 bits per heavy atom. The zero-order chi connectivity index (χ0) is 26.2. The highest BCUT2D eigenvalue weighted by molar-refractivity contribution is 6.11. The summed E-state index contributed by atoms with van der Waals surface area (Å²) >= 11 is 0. The number of pyridine rings is 1. The second kappa shape index (κ2) is 9.89. The molecular formula is C27H33FN4O4. The lowest BCUT2D eigenvalue weighted by Crippen LogP contribution is -2.37. The van der Waals surface area contributed by atoms with Crippen molar-refractivity contribution in [2.75, 3.05) is 11.9 Å². The van der Waals surface area contributed by atoms with Gasteiger partial charge >= 0.3 is 6.09 Å². The van der Waals surface area contributed by atoms with Gasteiger partial charge in [0.15, 0.2) is 0 Å². The number of nitrogens with one attached hydrogen (secondary N) is 1. The summed E-state index contributed by atoms with van der Waals surface area (Å²) in [7, 11) is 0. The van der Waals surface area contributed by atoms with Gasteiger partial charge in [-0.1, -0.05) is 13.0 Å². The van der Waals surface area contributed by atoms with Crippen LogP contribution in [0.25, 0.3) is 16.9 Å². The standard InChI is InChI=1S/C27H33FN4O4/c1-7-12-35-17(3)16(2)30-21-9-8-19(22-14-29-23-13-18(28)10-11-31(22)23)20-15-32(25(33)24(20)21)26(34)36-27(4,5)6/h8-11,13-14,16-17,30H,7,12,15H2,1-6H3/t16-,17?/m1/s1. The Hall–Kier alpha value is -3.46. The van der Waals surface area contributed by atoms with E-state index in [4.69, 9.17) is 9.47 Å². The van der Waals surface area contributed by atoms with Crippen molar-refractivity contribution in [1.82, 2.24) is 14.3 Å². The van der Waals surface area contributed by atoms with E-state index >= 15 is 0 Å². The van der Waals surface area contributed by atoms with E-state index in [1.54, 1.807) is 37.6 Å². The molecule has 9 heteroatoms. The monoisotopic (exact) mass is 496 g/mol. The van der Waals surface area contributed by atoms with Crippen molar-refractivity contribution >= 4 is 23.3 Å². The van der Waals surface area contributed by atoms with E-state index < -0.39 is 17.6 Å². The van der Waals surface area contributed by atoms with Crippen molar-refractivity contribution in [3.8, 4) is 11.3 Å². The third-order valence-corrected chi connectivity index (χ3v) is 6.13. The Morgan fingerprint density at radius 3 is 2.69 bits per heavy atom. The highest BCUT2D eigenvalue weighted by Crippen LogP contribution is 2.38. The number of amides is 2. The molecule has 0 radical (unpaired) electrons. The zero-order valence-electron chi connectivity index (χ0n) is 21.6. The molecule has 2 atom stereocenters. The van der Waals surface area contributed by atoms with Gasteiger partial charge in [0, 0.05) is 36.2 Å². The van der Waals surface area contributed by atoms with Gasteiger partial charge in [-0.25, -0.2) is 19.1 Å². The van der Waals surface area contributed by atoms with Crippen LogP contribution in [0.1, 0.15) is 63.9 Å². The molecule has 192 valence electrons. The van der Waals surface area contributed by atoms with Crippen molar-refractivity contribution in [2.24, 2.45) is 0 Å². The number of carbonyl (C=O) groups is 2. The predicted molar refractivity (Wildman–Crippen MR) is 135 cm³/mol. The van der Waals surface area contributed by atoms with E-state index in [0.717, 1.165) is 16.9 Å². The summed E-state index contributed by atoms with van der Waals surface area (Å²) in [6.45, 7) is 12.0. The SMILES string of the molecule is CCCOC(C)[C@@H](C)Nc1ccc(-c2cnc3cc(F)ccn23)c2c1C(=O)N(C(=O)OC(C)(C)C)C2. The first-order chi connectivity index (χ1) is 17.0. The van der Waals surface area contributed by atoms with Gasteiger partial charge in [0.25, 0.3) is 5.91 Å². The van der Waals surface area contributed by atoms with Crippen molar-refractivity contribution < 1.29 is 23.5 Å². The maximum Gasteiger partial charge on any atom is 0.417 e. The van der Waals surface area contributed by atoms with Crippen molar-refractivity contribution in [3.05, 3.63) is 53.6 Å². The molecule has 0 saturated heterocycles. The van der Waals surface area contributed by atoms with Crippen molar-refractivity contribution in [3.63, 3.8) is 0 Å². The average molecular weight is 497 g/mol. The van der Waals surface area contributed by atoms with E-state index in [-0.39, 0.29) is 24.5 Å². The van der Waals surface area contributed by atoms with Crippen LogP contribution in [-0.4, -0.2) is 50.6 Å². The van der Waals surface area contributed by atoms with Crippen LogP contribution in [0.2, 0.25) is 0 Å². The smallest absolute Gasteiger partial charge is 0.417 e. The van der Waals surface area contributed by atoms with E-state index in [0.29, 0.717) is 34.8 Å². The molecule has 0 spiro atoms.